The van der Waals surface area contributed by atoms with Gasteiger partial charge in [-0.1, -0.05) is 0 Å². The molecule has 4 rings (SSSR count). The summed E-state index contributed by atoms with van der Waals surface area (Å²) in [4.78, 5) is 33.0. The Morgan fingerprint density at radius 3 is 2.95 bits per heavy atom. The number of carbonyl (C=O) groups excluding carboxylic acids is 2. The number of hydrogen-bond acceptors (Lipinski definition) is 5. The Kier molecular flexibility index (Phi) is 3.62. The van der Waals surface area contributed by atoms with Crippen LogP contribution in [-0.2, 0) is 9.53 Å². The summed E-state index contributed by atoms with van der Waals surface area (Å²) >= 11 is 1.44. The van der Waals surface area contributed by atoms with Crippen LogP contribution in [0.25, 0.3) is 0 Å². The molecule has 118 valence electrons. The zero-order valence-electron chi connectivity index (χ0n) is 12.3. The summed E-state index contributed by atoms with van der Waals surface area (Å²) in [5, 5.41) is 1.80. The first-order valence-electron chi connectivity index (χ1n) is 7.79. The number of fused-ring (bicyclic) bond motifs is 1. The molecular weight excluding hydrogens is 302 g/mol. The van der Waals surface area contributed by atoms with Gasteiger partial charge in [-0.05, 0) is 12.8 Å². The van der Waals surface area contributed by atoms with E-state index in [9.17, 15) is 9.59 Å². The highest BCUT2D eigenvalue weighted by atomic mass is 32.1. The summed E-state index contributed by atoms with van der Waals surface area (Å²) in [5.74, 6) is 0.635. The zero-order chi connectivity index (χ0) is 15.1. The third-order valence-corrected chi connectivity index (χ3v) is 5.64. The van der Waals surface area contributed by atoms with E-state index in [2.05, 4.69) is 4.98 Å². The van der Waals surface area contributed by atoms with Crippen LogP contribution in [0.1, 0.15) is 23.3 Å². The molecule has 22 heavy (non-hydrogen) atoms. The lowest BCUT2D eigenvalue weighted by Gasteiger charge is -2.25. The summed E-state index contributed by atoms with van der Waals surface area (Å²) in [6.07, 6.45) is 1.80. The van der Waals surface area contributed by atoms with Gasteiger partial charge >= 0.3 is 0 Å². The van der Waals surface area contributed by atoms with Gasteiger partial charge in [0.15, 0.2) is 0 Å². The van der Waals surface area contributed by atoms with Gasteiger partial charge in [0.2, 0.25) is 5.91 Å². The molecule has 7 heteroatoms. The summed E-state index contributed by atoms with van der Waals surface area (Å²) in [6, 6.07) is 0.153. The number of thiazole rings is 1. The summed E-state index contributed by atoms with van der Waals surface area (Å²) in [7, 11) is 0. The standard InChI is InChI=1S/C15H19N3O3S/c19-14(11-2-4-21-7-11)17-5-10-1-3-18(13(10)6-17)15(20)12-8-22-9-16-12/h8-11,13H,1-7H2/t10-,11?,13+/m1/s1. The fourth-order valence-corrected chi connectivity index (χ4v) is 4.37. The number of ether oxygens (including phenoxy) is 1. The quantitative estimate of drug-likeness (QED) is 0.810. The van der Waals surface area contributed by atoms with Crippen LogP contribution in [0.4, 0.5) is 0 Å². The maximum atomic E-state index is 12.5. The number of amides is 2. The molecule has 1 aromatic heterocycles. The van der Waals surface area contributed by atoms with Gasteiger partial charge < -0.3 is 14.5 Å². The second-order valence-electron chi connectivity index (χ2n) is 6.29. The van der Waals surface area contributed by atoms with Crippen molar-refractivity contribution in [3.63, 3.8) is 0 Å². The molecule has 3 atom stereocenters. The number of rotatable bonds is 2. The van der Waals surface area contributed by atoms with Crippen molar-refractivity contribution < 1.29 is 14.3 Å². The van der Waals surface area contributed by atoms with Gasteiger partial charge in [0.1, 0.15) is 5.69 Å². The van der Waals surface area contributed by atoms with Crippen LogP contribution in [0.3, 0.4) is 0 Å². The number of hydrogen-bond donors (Lipinski definition) is 0. The Labute approximate surface area is 133 Å². The summed E-state index contributed by atoms with van der Waals surface area (Å²) in [6.45, 7) is 3.45. The molecule has 0 spiro atoms. The number of carbonyl (C=O) groups is 2. The maximum absolute atomic E-state index is 12.5. The molecule has 0 N–H and O–H groups in total. The first-order chi connectivity index (χ1) is 10.7. The minimum Gasteiger partial charge on any atom is -0.381 e. The number of aromatic nitrogens is 1. The highest BCUT2D eigenvalue weighted by Crippen LogP contribution is 2.33. The molecule has 1 aromatic rings. The summed E-state index contributed by atoms with van der Waals surface area (Å²) in [5.41, 5.74) is 2.21. The van der Waals surface area contributed by atoms with Crippen LogP contribution in [0, 0.1) is 11.8 Å². The molecule has 3 fully saturated rings. The van der Waals surface area contributed by atoms with Crippen molar-refractivity contribution in [3.8, 4) is 0 Å². The fraction of sp³-hybridized carbons (Fsp3) is 0.667. The van der Waals surface area contributed by atoms with E-state index in [-0.39, 0.29) is 23.8 Å². The van der Waals surface area contributed by atoms with Gasteiger partial charge in [0.05, 0.1) is 24.1 Å². The van der Waals surface area contributed by atoms with Crippen molar-refractivity contribution in [1.82, 2.24) is 14.8 Å². The second kappa shape index (κ2) is 5.62. The van der Waals surface area contributed by atoms with E-state index in [4.69, 9.17) is 4.74 Å². The van der Waals surface area contributed by atoms with E-state index in [0.717, 1.165) is 25.9 Å². The minimum absolute atomic E-state index is 0.00671. The van der Waals surface area contributed by atoms with Crippen molar-refractivity contribution in [2.75, 3.05) is 32.8 Å². The smallest absolute Gasteiger partial charge is 0.273 e. The lowest BCUT2D eigenvalue weighted by Crippen LogP contribution is -2.42. The van der Waals surface area contributed by atoms with E-state index >= 15 is 0 Å². The largest absolute Gasteiger partial charge is 0.381 e. The van der Waals surface area contributed by atoms with Crippen molar-refractivity contribution in [1.29, 1.82) is 0 Å². The van der Waals surface area contributed by atoms with Gasteiger partial charge in [0.25, 0.3) is 5.91 Å². The lowest BCUT2D eigenvalue weighted by atomic mass is 10.1. The van der Waals surface area contributed by atoms with Crippen LogP contribution in [0.5, 0.6) is 0 Å². The van der Waals surface area contributed by atoms with Crippen LogP contribution in [0.15, 0.2) is 10.9 Å². The molecule has 3 saturated heterocycles. The second-order valence-corrected chi connectivity index (χ2v) is 7.01. The Morgan fingerprint density at radius 2 is 2.23 bits per heavy atom. The van der Waals surface area contributed by atoms with E-state index < -0.39 is 0 Å². The van der Waals surface area contributed by atoms with E-state index in [1.54, 1.807) is 10.9 Å². The molecule has 0 aliphatic carbocycles. The highest BCUT2D eigenvalue weighted by molar-refractivity contribution is 7.07. The average molecular weight is 321 g/mol. The molecule has 2 amide bonds. The predicted octanol–water partition coefficient (Wildman–Crippen LogP) is 0.852. The third kappa shape index (κ3) is 2.32. The molecule has 0 bridgehead atoms. The molecule has 0 aromatic carbocycles. The molecule has 3 aliphatic rings. The Bertz CT molecular complexity index is 571. The fourth-order valence-electron chi connectivity index (χ4n) is 3.85. The van der Waals surface area contributed by atoms with Crippen molar-refractivity contribution in [2.24, 2.45) is 11.8 Å². The molecule has 3 aliphatic heterocycles. The molecule has 0 radical (unpaired) electrons. The van der Waals surface area contributed by atoms with Crippen LogP contribution < -0.4 is 0 Å². The Morgan fingerprint density at radius 1 is 1.32 bits per heavy atom. The minimum atomic E-state index is 0.00671. The van der Waals surface area contributed by atoms with E-state index in [1.165, 1.54) is 11.3 Å². The first kappa shape index (κ1) is 14.1. The normalized spacial score (nSPS) is 30.8. The van der Waals surface area contributed by atoms with Gasteiger partial charge in [-0.15, -0.1) is 11.3 Å². The van der Waals surface area contributed by atoms with Crippen LogP contribution in [-0.4, -0.2) is 65.5 Å². The number of likely N-dealkylation sites (tertiary alicyclic amines) is 2. The SMILES string of the molecule is O=C(C1CCOC1)N1C[C@H]2CCN(C(=O)c3cscn3)[C@H]2C1. The maximum Gasteiger partial charge on any atom is 0.273 e. The van der Waals surface area contributed by atoms with Crippen LogP contribution in [0.2, 0.25) is 0 Å². The molecule has 1 unspecified atom stereocenters. The molecular formula is C15H19N3O3S. The monoisotopic (exact) mass is 321 g/mol. The van der Waals surface area contributed by atoms with Crippen molar-refractivity contribution in [2.45, 2.75) is 18.9 Å². The zero-order valence-corrected chi connectivity index (χ0v) is 13.1. The number of nitrogens with zero attached hydrogens (tertiary/aromatic N) is 3. The first-order valence-corrected chi connectivity index (χ1v) is 8.74. The lowest BCUT2D eigenvalue weighted by molar-refractivity contribution is -0.134. The Hall–Kier alpha value is -1.47. The van der Waals surface area contributed by atoms with Gasteiger partial charge in [-0.3, -0.25) is 9.59 Å². The highest BCUT2D eigenvalue weighted by Gasteiger charge is 2.46. The van der Waals surface area contributed by atoms with Gasteiger partial charge in [-0.25, -0.2) is 4.98 Å². The van der Waals surface area contributed by atoms with Crippen LogP contribution >= 0.6 is 11.3 Å². The molecule has 4 heterocycles. The molecule has 0 saturated carbocycles. The predicted molar refractivity (Wildman–Crippen MR) is 80.6 cm³/mol. The topological polar surface area (TPSA) is 62.7 Å². The van der Waals surface area contributed by atoms with Gasteiger partial charge in [0, 0.05) is 37.5 Å². The third-order valence-electron chi connectivity index (χ3n) is 5.05. The van der Waals surface area contributed by atoms with Gasteiger partial charge in [-0.2, -0.15) is 0 Å². The van der Waals surface area contributed by atoms with E-state index in [0.29, 0.717) is 31.4 Å². The van der Waals surface area contributed by atoms with E-state index in [1.807, 2.05) is 9.80 Å². The van der Waals surface area contributed by atoms with Crippen molar-refractivity contribution >= 4 is 23.2 Å². The average Bonchev–Trinajstić information content (AvgIpc) is 3.29. The van der Waals surface area contributed by atoms with Crippen molar-refractivity contribution in [3.05, 3.63) is 16.6 Å². The Balaban J connectivity index is 1.45. The summed E-state index contributed by atoms with van der Waals surface area (Å²) < 4.78 is 5.32. The molecule has 6 nitrogen and oxygen atoms in total.